The molecule has 0 spiro atoms. The van der Waals surface area contributed by atoms with Gasteiger partial charge in [-0.05, 0) is 54.7 Å². The number of urea groups is 1. The van der Waals surface area contributed by atoms with Gasteiger partial charge in [-0.3, -0.25) is 39.1 Å². The van der Waals surface area contributed by atoms with Crippen LogP contribution in [-0.2, 0) is 32.4 Å². The van der Waals surface area contributed by atoms with Crippen LogP contribution in [0.5, 0.6) is 0 Å². The van der Waals surface area contributed by atoms with Crippen LogP contribution >= 0.6 is 0 Å². The van der Waals surface area contributed by atoms with Crippen LogP contribution in [0.15, 0.2) is 53.6 Å². The number of aromatic nitrogens is 2. The molecule has 55 heavy (non-hydrogen) atoms. The maximum absolute atomic E-state index is 13.4. The molecule has 0 radical (unpaired) electrons. The zero-order valence-corrected chi connectivity index (χ0v) is 31.0. The number of hydrogen-bond donors (Lipinski definition) is 3. The minimum atomic E-state index is -3.36. The molecule has 0 aliphatic carbocycles. The number of nitrogens with two attached hydrogens (primary N) is 1. The SMILES string of the molecule is CS(=O)(=O)c1ccc(Cc2nc(N3CCCC(NC(=O)N4CCN(Cc5ccc6c(c5)C(=O)N(C5CCC(=O)NC5=O)C6=O)CC4)C3)cnc2C(N)=O)cc1. The van der Waals surface area contributed by atoms with E-state index in [0.29, 0.717) is 57.3 Å². The molecule has 0 bridgehead atoms. The number of piperidine rings is 2. The van der Waals surface area contributed by atoms with Crippen molar-refractivity contribution >= 4 is 51.2 Å². The third kappa shape index (κ3) is 8.05. The molecule has 4 N–H and O–H groups in total. The Morgan fingerprint density at radius 3 is 2.33 bits per heavy atom. The fourth-order valence-corrected chi connectivity index (χ4v) is 8.13. The number of carbonyl (C=O) groups excluding carboxylic acids is 6. The molecule has 288 valence electrons. The molecule has 0 saturated carbocycles. The second kappa shape index (κ2) is 15.2. The van der Waals surface area contributed by atoms with Crippen molar-refractivity contribution in [1.82, 2.24) is 35.3 Å². The van der Waals surface area contributed by atoms with Gasteiger partial charge >= 0.3 is 6.03 Å². The van der Waals surface area contributed by atoms with E-state index in [1.54, 1.807) is 35.2 Å². The maximum Gasteiger partial charge on any atom is 0.317 e. The quantitative estimate of drug-likeness (QED) is 0.253. The van der Waals surface area contributed by atoms with Gasteiger partial charge in [0.25, 0.3) is 17.7 Å². The first-order valence-electron chi connectivity index (χ1n) is 18.1. The number of piperazine rings is 1. The Morgan fingerprint density at radius 2 is 1.64 bits per heavy atom. The summed E-state index contributed by atoms with van der Waals surface area (Å²) in [6.45, 7) is 3.83. The van der Waals surface area contributed by atoms with E-state index in [1.807, 2.05) is 4.90 Å². The number of hydrogen-bond acceptors (Lipinski definition) is 12. The summed E-state index contributed by atoms with van der Waals surface area (Å²) >= 11 is 0. The summed E-state index contributed by atoms with van der Waals surface area (Å²) in [5, 5.41) is 5.37. The fourth-order valence-electron chi connectivity index (χ4n) is 7.50. The van der Waals surface area contributed by atoms with Crippen molar-refractivity contribution in [2.75, 3.05) is 50.4 Å². The predicted molar refractivity (Wildman–Crippen MR) is 197 cm³/mol. The number of nitrogens with one attached hydrogen (secondary N) is 2. The third-order valence-electron chi connectivity index (χ3n) is 10.4. The molecule has 2 atom stereocenters. The first-order valence-corrected chi connectivity index (χ1v) is 20.0. The number of imide groups is 2. The highest BCUT2D eigenvalue weighted by Gasteiger charge is 2.44. The van der Waals surface area contributed by atoms with Gasteiger partial charge < -0.3 is 20.9 Å². The van der Waals surface area contributed by atoms with E-state index in [2.05, 4.69) is 20.5 Å². The summed E-state index contributed by atoms with van der Waals surface area (Å²) in [5.74, 6) is -2.35. The van der Waals surface area contributed by atoms with E-state index in [0.717, 1.165) is 35.1 Å². The summed E-state index contributed by atoms with van der Waals surface area (Å²) in [5.41, 5.74) is 8.04. The van der Waals surface area contributed by atoms with Crippen LogP contribution in [0, 0.1) is 0 Å². The summed E-state index contributed by atoms with van der Waals surface area (Å²) in [6.07, 6.45) is 4.57. The first-order chi connectivity index (χ1) is 26.2. The number of benzene rings is 2. The molecule has 7 rings (SSSR count). The molecular weight excluding hydrogens is 731 g/mol. The number of carbonyl (C=O) groups is 6. The Labute approximate surface area is 317 Å². The third-order valence-corrected chi connectivity index (χ3v) is 11.6. The number of amides is 7. The van der Waals surface area contributed by atoms with Gasteiger partial charge in [0.15, 0.2) is 9.84 Å². The van der Waals surface area contributed by atoms with Gasteiger partial charge in [-0.1, -0.05) is 18.2 Å². The fraction of sp³-hybridized carbons (Fsp3) is 0.405. The average molecular weight is 772 g/mol. The predicted octanol–water partition coefficient (Wildman–Crippen LogP) is 0.467. The number of sulfone groups is 1. The maximum atomic E-state index is 13.4. The lowest BCUT2D eigenvalue weighted by Crippen LogP contribution is -2.56. The van der Waals surface area contributed by atoms with Gasteiger partial charge in [0, 0.05) is 71.0 Å². The Hall–Kier alpha value is -5.75. The van der Waals surface area contributed by atoms with Gasteiger partial charge in [0.1, 0.15) is 17.6 Å². The minimum absolute atomic E-state index is 0.0353. The van der Waals surface area contributed by atoms with Gasteiger partial charge in [-0.2, -0.15) is 0 Å². The lowest BCUT2D eigenvalue weighted by molar-refractivity contribution is -0.136. The van der Waals surface area contributed by atoms with Gasteiger partial charge in [-0.15, -0.1) is 0 Å². The average Bonchev–Trinajstić information content (AvgIpc) is 3.39. The van der Waals surface area contributed by atoms with Crippen LogP contribution in [0.1, 0.15) is 73.7 Å². The zero-order chi connectivity index (χ0) is 39.0. The Balaban J connectivity index is 0.925. The summed E-state index contributed by atoms with van der Waals surface area (Å²) in [7, 11) is -3.36. The largest absolute Gasteiger partial charge is 0.364 e. The van der Waals surface area contributed by atoms with Crippen LogP contribution in [0.25, 0.3) is 0 Å². The van der Waals surface area contributed by atoms with Crippen molar-refractivity contribution in [2.45, 2.75) is 55.6 Å². The molecule has 3 fully saturated rings. The number of anilines is 1. The molecule has 3 saturated heterocycles. The van der Waals surface area contributed by atoms with Crippen LogP contribution in [0.4, 0.5) is 10.6 Å². The molecule has 2 aromatic carbocycles. The molecule has 2 unspecified atom stereocenters. The van der Waals surface area contributed by atoms with Crippen molar-refractivity contribution in [3.05, 3.63) is 82.3 Å². The monoisotopic (exact) mass is 771 g/mol. The van der Waals surface area contributed by atoms with E-state index in [-0.39, 0.29) is 53.1 Å². The smallest absolute Gasteiger partial charge is 0.317 e. The summed E-state index contributed by atoms with van der Waals surface area (Å²) in [4.78, 5) is 92.0. The molecular formula is C37H41N9O8S. The zero-order valence-electron chi connectivity index (χ0n) is 30.2. The Bertz CT molecular complexity index is 2190. The second-order valence-electron chi connectivity index (χ2n) is 14.3. The lowest BCUT2D eigenvalue weighted by Gasteiger charge is -2.38. The topological polar surface area (TPSA) is 225 Å². The molecule has 1 aromatic heterocycles. The van der Waals surface area contributed by atoms with E-state index >= 15 is 0 Å². The molecule has 7 amide bonds. The summed E-state index contributed by atoms with van der Waals surface area (Å²) in [6, 6.07) is 10.1. The number of nitrogens with zero attached hydrogens (tertiary/aromatic N) is 6. The van der Waals surface area contributed by atoms with Crippen LogP contribution in [-0.4, -0.2) is 126 Å². The normalized spacial score (nSPS) is 20.7. The van der Waals surface area contributed by atoms with Gasteiger partial charge in [0.05, 0.1) is 27.9 Å². The molecule has 5 heterocycles. The minimum Gasteiger partial charge on any atom is -0.364 e. The van der Waals surface area contributed by atoms with Crippen molar-refractivity contribution in [2.24, 2.45) is 5.73 Å². The van der Waals surface area contributed by atoms with E-state index in [9.17, 15) is 37.2 Å². The first kappa shape index (κ1) is 37.6. The second-order valence-corrected chi connectivity index (χ2v) is 16.3. The number of rotatable bonds is 9. The van der Waals surface area contributed by atoms with Gasteiger partial charge in [-0.25, -0.2) is 23.2 Å². The van der Waals surface area contributed by atoms with E-state index in [1.165, 1.54) is 18.3 Å². The van der Waals surface area contributed by atoms with E-state index in [4.69, 9.17) is 10.7 Å². The van der Waals surface area contributed by atoms with Crippen molar-refractivity contribution in [3.8, 4) is 0 Å². The van der Waals surface area contributed by atoms with Crippen molar-refractivity contribution < 1.29 is 37.2 Å². The standard InChI is InChI=1S/C37H41N9O8S/c1-55(53,54)25-7-4-22(5-8-25)18-28-32(33(38)48)39-19-30(41-28)45-12-2-3-24(21-45)40-37(52)44-15-13-43(14-16-44)20-23-6-9-26-27(17-23)36(51)46(35(26)50)29-10-11-31(47)42-34(29)49/h4-9,17,19,24,29H,2-3,10-16,18,20-21H2,1H3,(H2,38,48)(H,40,52)(H,42,47,49). The summed E-state index contributed by atoms with van der Waals surface area (Å²) < 4.78 is 23.7. The molecule has 18 heteroatoms. The van der Waals surface area contributed by atoms with Crippen molar-refractivity contribution in [3.63, 3.8) is 0 Å². The van der Waals surface area contributed by atoms with Crippen LogP contribution in [0.3, 0.4) is 0 Å². The Morgan fingerprint density at radius 1 is 0.927 bits per heavy atom. The van der Waals surface area contributed by atoms with Crippen molar-refractivity contribution in [1.29, 1.82) is 0 Å². The Kier molecular flexibility index (Phi) is 10.4. The van der Waals surface area contributed by atoms with Gasteiger partial charge in [0.2, 0.25) is 11.8 Å². The molecule has 3 aromatic rings. The number of fused-ring (bicyclic) bond motifs is 1. The van der Waals surface area contributed by atoms with E-state index < -0.39 is 45.4 Å². The van der Waals surface area contributed by atoms with Crippen LogP contribution in [0.2, 0.25) is 0 Å². The highest BCUT2D eigenvalue weighted by atomic mass is 32.2. The highest BCUT2D eigenvalue weighted by molar-refractivity contribution is 7.90. The molecule has 4 aliphatic rings. The molecule has 17 nitrogen and oxygen atoms in total. The lowest BCUT2D eigenvalue weighted by atomic mass is 10.0. The van der Waals surface area contributed by atoms with Crippen LogP contribution < -0.4 is 21.3 Å². The highest BCUT2D eigenvalue weighted by Crippen LogP contribution is 2.29. The molecule has 4 aliphatic heterocycles. The number of primary amides is 1.